The second-order valence-corrected chi connectivity index (χ2v) is 23.5. The smallest absolute Gasteiger partial charge is 0.0629 e. The van der Waals surface area contributed by atoms with E-state index >= 15 is 0 Å². The van der Waals surface area contributed by atoms with Crippen LogP contribution in [0.4, 0.5) is 11.4 Å². The van der Waals surface area contributed by atoms with Gasteiger partial charge in [0.2, 0.25) is 0 Å². The summed E-state index contributed by atoms with van der Waals surface area (Å²) in [6.45, 7) is 10.6. The van der Waals surface area contributed by atoms with E-state index in [1.165, 1.54) is 134 Å². The zero-order chi connectivity index (χ0) is 58.3. The summed E-state index contributed by atoms with van der Waals surface area (Å²) in [7, 11) is 0. The van der Waals surface area contributed by atoms with Gasteiger partial charge in [0.1, 0.15) is 0 Å². The van der Waals surface area contributed by atoms with E-state index in [9.17, 15) is 0 Å². The summed E-state index contributed by atoms with van der Waals surface area (Å²) >= 11 is 0. The van der Waals surface area contributed by atoms with Crippen molar-refractivity contribution >= 4 is 33.9 Å². The van der Waals surface area contributed by atoms with Crippen molar-refractivity contribution in [3.05, 3.63) is 341 Å². The second kappa shape index (κ2) is 23.0. The van der Waals surface area contributed by atoms with E-state index in [-0.39, 0.29) is 5.41 Å². The number of nitrogens with zero attached hydrogens (tertiary/aromatic N) is 2. The van der Waals surface area contributed by atoms with Gasteiger partial charge < -0.3 is 9.47 Å². The van der Waals surface area contributed by atoms with Gasteiger partial charge in [0.15, 0.2) is 0 Å². The maximum Gasteiger partial charge on any atom is 0.0629 e. The molecule has 5 aliphatic carbocycles. The number of aromatic nitrogens is 1. The third-order valence-electron chi connectivity index (χ3n) is 18.7. The van der Waals surface area contributed by atoms with Crippen molar-refractivity contribution in [2.75, 3.05) is 4.90 Å². The zero-order valence-electron chi connectivity index (χ0n) is 50.0. The lowest BCUT2D eigenvalue weighted by Gasteiger charge is -2.36. The molecule has 0 radical (unpaired) electrons. The van der Waals surface area contributed by atoms with Gasteiger partial charge in [0.25, 0.3) is 0 Å². The van der Waals surface area contributed by atoms with E-state index in [1.807, 2.05) is 13.8 Å². The zero-order valence-corrected chi connectivity index (χ0v) is 50.0. The number of fused-ring (bicyclic) bond motifs is 16. The lowest BCUT2D eigenvalue weighted by molar-refractivity contribution is 0.493. The van der Waals surface area contributed by atoms with Crippen LogP contribution in [0.5, 0.6) is 0 Å². The van der Waals surface area contributed by atoms with Gasteiger partial charge in [-0.25, -0.2) is 0 Å². The standard InChI is InChI=1S/C37H29N.C26H20.C19H17N.C2H6/c1-26-11-13-28(14-12-26)29-15-17-31(18-16-29)32-21-24-35-34-9-5-6-10-36(34)38(37(35)25-32)33-22-19-30(20-23-33)27-7-3-2-4-8-27;1-17-9-8-13-21-20-12-4-7-16-24(20)26(25(17)21)22-14-5-2-10-18(22)19-11-3-6-15-23(19)26;1-14-11-12-17-16-9-5-6-10-18(16)20(19(17)13-14)15-7-3-2-4-8-15;1-2/h2-5,7-9,11-25H,6,10H2,1H3;2-15,24H,16H2,1H3;2-13,16,18H,1H3;1-2H3. The summed E-state index contributed by atoms with van der Waals surface area (Å²) < 4.78 is 2.48. The fourth-order valence-corrected chi connectivity index (χ4v) is 14.9. The summed E-state index contributed by atoms with van der Waals surface area (Å²) in [5.41, 5.74) is 31.0. The summed E-state index contributed by atoms with van der Waals surface area (Å²) in [5.74, 6) is 0.948. The first-order valence-electron chi connectivity index (χ1n) is 31.1. The molecule has 6 aliphatic rings. The van der Waals surface area contributed by atoms with Crippen LogP contribution in [0.25, 0.3) is 72.7 Å². The van der Waals surface area contributed by atoms with E-state index in [2.05, 4.69) is 322 Å². The Balaban J connectivity index is 0.000000118. The fraction of sp³-hybridized carbons (Fsp3) is 0.143. The third kappa shape index (κ3) is 9.27. The first-order chi connectivity index (χ1) is 42.4. The van der Waals surface area contributed by atoms with Crippen molar-refractivity contribution in [3.63, 3.8) is 0 Å². The molecule has 2 heteroatoms. The molecule has 10 aromatic carbocycles. The summed E-state index contributed by atoms with van der Waals surface area (Å²) in [6.07, 6.45) is 23.8. The Labute approximate surface area is 508 Å². The fourth-order valence-electron chi connectivity index (χ4n) is 14.9. The molecule has 3 unspecified atom stereocenters. The van der Waals surface area contributed by atoms with Crippen LogP contribution in [0.1, 0.15) is 88.4 Å². The Bertz CT molecular complexity index is 4420. The number of aryl methyl sites for hydroxylation is 3. The third-order valence-corrected chi connectivity index (χ3v) is 18.7. The summed E-state index contributed by atoms with van der Waals surface area (Å²) in [6, 6.07) is 87.2. The first kappa shape index (κ1) is 54.2. The molecule has 0 bridgehead atoms. The molecule has 3 atom stereocenters. The van der Waals surface area contributed by atoms with Crippen molar-refractivity contribution in [1.82, 2.24) is 4.57 Å². The van der Waals surface area contributed by atoms with Crippen LogP contribution in [0.2, 0.25) is 0 Å². The molecule has 11 aromatic rings. The molecule has 2 heterocycles. The number of para-hydroxylation sites is 1. The van der Waals surface area contributed by atoms with Gasteiger partial charge in [0, 0.05) is 45.5 Å². The highest BCUT2D eigenvalue weighted by molar-refractivity contribution is 5.97. The van der Waals surface area contributed by atoms with E-state index in [1.54, 1.807) is 0 Å². The summed E-state index contributed by atoms with van der Waals surface area (Å²) in [4.78, 5) is 2.47. The Hall–Kier alpha value is -9.76. The molecule has 0 amide bonds. The molecule has 0 saturated carbocycles. The molecule has 0 saturated heterocycles. The van der Waals surface area contributed by atoms with E-state index in [4.69, 9.17) is 0 Å². The Morgan fingerprint density at radius 1 is 0.465 bits per heavy atom. The molecule has 1 spiro atoms. The van der Waals surface area contributed by atoms with Crippen LogP contribution in [0, 0.1) is 26.7 Å². The Morgan fingerprint density at radius 3 is 1.76 bits per heavy atom. The highest BCUT2D eigenvalue weighted by atomic mass is 15.2. The van der Waals surface area contributed by atoms with Crippen LogP contribution in [-0.2, 0) is 11.8 Å². The molecule has 17 rings (SSSR count). The summed E-state index contributed by atoms with van der Waals surface area (Å²) in [5, 5.41) is 1.32. The van der Waals surface area contributed by atoms with Gasteiger partial charge in [-0.1, -0.05) is 274 Å². The number of rotatable bonds is 5. The van der Waals surface area contributed by atoms with Crippen LogP contribution in [0.3, 0.4) is 0 Å². The van der Waals surface area contributed by atoms with E-state index < -0.39 is 0 Å². The van der Waals surface area contributed by atoms with Crippen LogP contribution >= 0.6 is 0 Å². The van der Waals surface area contributed by atoms with E-state index in [0.717, 1.165) is 19.3 Å². The second-order valence-electron chi connectivity index (χ2n) is 23.5. The number of benzene rings is 10. The average Bonchev–Trinajstić information content (AvgIpc) is 1.59. The SMILES string of the molecule is CC.Cc1ccc(-c2ccc(-c3ccc4c5c(n(-c6ccc(-c7ccccc7)cc6)c4c3)CCC=C5)cc2)cc1.Cc1ccc2c(c1)N(c1ccccc1)C1C=CC=CC21.Cc1cccc2c1C1(c3ccccc3-c3ccccc31)C1CC=CC=C21. The Kier molecular flexibility index (Phi) is 14.5. The van der Waals surface area contributed by atoms with Crippen molar-refractivity contribution in [3.8, 4) is 50.2 Å². The minimum Gasteiger partial charge on any atom is -0.333 e. The maximum absolute atomic E-state index is 2.48. The topological polar surface area (TPSA) is 8.17 Å². The monoisotopic (exact) mass is 1110 g/mol. The van der Waals surface area contributed by atoms with Crippen molar-refractivity contribution in [2.45, 2.75) is 71.3 Å². The highest BCUT2D eigenvalue weighted by Gasteiger charge is 2.56. The normalized spacial score (nSPS) is 17.1. The molecule has 1 aliphatic heterocycles. The van der Waals surface area contributed by atoms with E-state index in [0.29, 0.717) is 17.9 Å². The molecular formula is C84H72N2. The maximum atomic E-state index is 2.48. The molecule has 86 heavy (non-hydrogen) atoms. The predicted molar refractivity (Wildman–Crippen MR) is 366 cm³/mol. The highest BCUT2D eigenvalue weighted by Crippen LogP contribution is 2.66. The average molecular weight is 1110 g/mol. The molecule has 0 N–H and O–H groups in total. The van der Waals surface area contributed by atoms with Gasteiger partial charge in [-0.15, -0.1) is 0 Å². The van der Waals surface area contributed by atoms with Gasteiger partial charge in [0.05, 0.1) is 17.0 Å². The van der Waals surface area contributed by atoms with Crippen molar-refractivity contribution in [2.24, 2.45) is 5.92 Å². The minimum absolute atomic E-state index is 0.0511. The molecule has 2 nitrogen and oxygen atoms in total. The first-order valence-corrected chi connectivity index (χ1v) is 31.1. The number of hydrogen-bond acceptors (Lipinski definition) is 1. The quantitative estimate of drug-likeness (QED) is 0.167. The molecule has 418 valence electrons. The molecular weight excluding hydrogens is 1040 g/mol. The number of anilines is 2. The predicted octanol–water partition coefficient (Wildman–Crippen LogP) is 21.9. The van der Waals surface area contributed by atoms with Crippen LogP contribution < -0.4 is 4.90 Å². The Morgan fingerprint density at radius 2 is 1.05 bits per heavy atom. The lowest BCUT2D eigenvalue weighted by atomic mass is 9.65. The molecule has 0 fully saturated rings. The van der Waals surface area contributed by atoms with Gasteiger partial charge in [-0.05, 0) is 165 Å². The van der Waals surface area contributed by atoms with Crippen LogP contribution in [-0.4, -0.2) is 10.6 Å². The minimum atomic E-state index is -0.0511. The van der Waals surface area contributed by atoms with Gasteiger partial charge in [-0.2, -0.15) is 0 Å². The van der Waals surface area contributed by atoms with Crippen molar-refractivity contribution < 1.29 is 0 Å². The number of hydrogen-bond donors (Lipinski definition) is 0. The van der Waals surface area contributed by atoms with Gasteiger partial charge >= 0.3 is 0 Å². The largest absolute Gasteiger partial charge is 0.333 e. The van der Waals surface area contributed by atoms with Gasteiger partial charge in [-0.3, -0.25) is 0 Å². The number of allylic oxidation sites excluding steroid dienone is 7. The van der Waals surface area contributed by atoms with Crippen LogP contribution in [0.15, 0.2) is 285 Å². The molecule has 1 aromatic heterocycles. The van der Waals surface area contributed by atoms with Crippen molar-refractivity contribution in [1.29, 1.82) is 0 Å². The lowest BCUT2D eigenvalue weighted by Crippen LogP contribution is -2.33.